The summed E-state index contributed by atoms with van der Waals surface area (Å²) in [5.41, 5.74) is 3.83. The number of nitrogens with one attached hydrogen (secondary N) is 1. The zero-order chi connectivity index (χ0) is 17.4. The van der Waals surface area contributed by atoms with E-state index in [1.54, 1.807) is 6.08 Å². The number of hydrogen-bond acceptors (Lipinski definition) is 4. The molecule has 2 aromatic rings. The molecule has 0 atom stereocenters. The first-order valence-electron chi connectivity index (χ1n) is 7.40. The zero-order valence-electron chi connectivity index (χ0n) is 13.5. The van der Waals surface area contributed by atoms with Crippen LogP contribution in [0.2, 0.25) is 0 Å². The lowest BCUT2D eigenvalue weighted by atomic mass is 10.1. The van der Waals surface area contributed by atoms with Crippen LogP contribution in [0.4, 0.5) is 5.69 Å². The molecular weight excluding hydrogens is 340 g/mol. The minimum Gasteiger partial charge on any atom is -0.298 e. The molecule has 1 aliphatic heterocycles. The van der Waals surface area contributed by atoms with E-state index in [9.17, 15) is 9.59 Å². The smallest absolute Gasteiger partial charge is 0.270 e. The van der Waals surface area contributed by atoms with Crippen molar-refractivity contribution in [1.29, 1.82) is 0 Å². The van der Waals surface area contributed by atoms with Crippen molar-refractivity contribution in [2.45, 2.75) is 20.8 Å². The Labute approximate surface area is 149 Å². The molecule has 1 saturated heterocycles. The standard InChI is InChI=1S/C18H16N2O2S2/c1-10-6-11(2)8-13(7-10)20-17(22)14(16(21)19-18(20)23)9-15-12(3)4-5-24-15/h4-9H,1-3H3,(H,19,21,23)/b14-9+. The highest BCUT2D eigenvalue weighted by Crippen LogP contribution is 2.26. The summed E-state index contributed by atoms with van der Waals surface area (Å²) >= 11 is 6.72. The van der Waals surface area contributed by atoms with Crippen LogP contribution in [-0.2, 0) is 9.59 Å². The fourth-order valence-corrected chi connectivity index (χ4v) is 3.77. The van der Waals surface area contributed by atoms with Gasteiger partial charge in [-0.3, -0.25) is 19.8 Å². The summed E-state index contributed by atoms with van der Waals surface area (Å²) in [5, 5.41) is 4.65. The third-order valence-corrected chi connectivity index (χ3v) is 4.99. The lowest BCUT2D eigenvalue weighted by molar-refractivity contribution is -0.122. The molecule has 0 aliphatic carbocycles. The Bertz CT molecular complexity index is 876. The van der Waals surface area contributed by atoms with Gasteiger partial charge in [-0.05, 0) is 79.3 Å². The molecule has 6 heteroatoms. The van der Waals surface area contributed by atoms with Crippen molar-refractivity contribution in [3.63, 3.8) is 0 Å². The first kappa shape index (κ1) is 16.5. The second-order valence-corrected chi connectivity index (χ2v) is 7.11. The Morgan fingerprint density at radius 1 is 1.12 bits per heavy atom. The van der Waals surface area contributed by atoms with E-state index in [2.05, 4.69) is 5.32 Å². The summed E-state index contributed by atoms with van der Waals surface area (Å²) in [6, 6.07) is 7.73. The minimum absolute atomic E-state index is 0.0910. The van der Waals surface area contributed by atoms with Crippen molar-refractivity contribution in [3.8, 4) is 0 Å². The number of nitrogens with zero attached hydrogens (tertiary/aromatic N) is 1. The number of amides is 2. The third kappa shape index (κ3) is 3.02. The van der Waals surface area contributed by atoms with Gasteiger partial charge in [0, 0.05) is 4.88 Å². The highest BCUT2D eigenvalue weighted by atomic mass is 32.1. The SMILES string of the molecule is Cc1cc(C)cc(N2C(=O)/C(=C/c3sccc3C)C(=O)NC2=S)c1. The topological polar surface area (TPSA) is 49.4 Å². The molecule has 1 aliphatic rings. The maximum absolute atomic E-state index is 12.9. The van der Waals surface area contributed by atoms with Gasteiger partial charge in [-0.2, -0.15) is 0 Å². The summed E-state index contributed by atoms with van der Waals surface area (Å²) in [5.74, 6) is -0.861. The maximum atomic E-state index is 12.9. The van der Waals surface area contributed by atoms with E-state index < -0.39 is 11.8 Å². The van der Waals surface area contributed by atoms with Gasteiger partial charge in [-0.25, -0.2) is 0 Å². The number of carbonyl (C=O) groups is 2. The van der Waals surface area contributed by atoms with E-state index in [-0.39, 0.29) is 10.7 Å². The quantitative estimate of drug-likeness (QED) is 0.509. The number of thiophene rings is 1. The van der Waals surface area contributed by atoms with Gasteiger partial charge in [0.1, 0.15) is 5.57 Å². The molecular formula is C18H16N2O2S2. The van der Waals surface area contributed by atoms with Gasteiger partial charge < -0.3 is 0 Å². The molecule has 4 nitrogen and oxygen atoms in total. The molecule has 0 radical (unpaired) electrons. The van der Waals surface area contributed by atoms with Gasteiger partial charge in [0.05, 0.1) is 5.69 Å². The largest absolute Gasteiger partial charge is 0.298 e. The van der Waals surface area contributed by atoms with Gasteiger partial charge in [-0.15, -0.1) is 11.3 Å². The Balaban J connectivity index is 2.06. The van der Waals surface area contributed by atoms with Crippen LogP contribution in [-0.4, -0.2) is 16.9 Å². The molecule has 1 aromatic heterocycles. The fraction of sp³-hybridized carbons (Fsp3) is 0.167. The molecule has 1 fully saturated rings. The highest BCUT2D eigenvalue weighted by molar-refractivity contribution is 7.80. The Morgan fingerprint density at radius 2 is 1.79 bits per heavy atom. The van der Waals surface area contributed by atoms with Crippen LogP contribution >= 0.6 is 23.6 Å². The van der Waals surface area contributed by atoms with Crippen LogP contribution in [0.1, 0.15) is 21.6 Å². The van der Waals surface area contributed by atoms with E-state index in [1.165, 1.54) is 16.2 Å². The van der Waals surface area contributed by atoms with Crippen LogP contribution in [0, 0.1) is 20.8 Å². The molecule has 3 rings (SSSR count). The predicted octanol–water partition coefficient (Wildman–Crippen LogP) is 3.50. The molecule has 24 heavy (non-hydrogen) atoms. The number of anilines is 1. The van der Waals surface area contributed by atoms with Crippen molar-refractivity contribution in [2.24, 2.45) is 0 Å². The molecule has 122 valence electrons. The molecule has 0 spiro atoms. The average molecular weight is 356 g/mol. The van der Waals surface area contributed by atoms with Crippen LogP contribution in [0.25, 0.3) is 6.08 Å². The number of benzene rings is 1. The summed E-state index contributed by atoms with van der Waals surface area (Å²) in [6.45, 7) is 5.86. The van der Waals surface area contributed by atoms with Crippen molar-refractivity contribution in [2.75, 3.05) is 4.90 Å². The normalized spacial score (nSPS) is 16.7. The van der Waals surface area contributed by atoms with E-state index in [0.717, 1.165) is 21.6 Å². The first-order chi connectivity index (χ1) is 11.4. The monoisotopic (exact) mass is 356 g/mol. The van der Waals surface area contributed by atoms with Crippen molar-refractivity contribution < 1.29 is 9.59 Å². The number of carbonyl (C=O) groups excluding carboxylic acids is 2. The molecule has 0 bridgehead atoms. The zero-order valence-corrected chi connectivity index (χ0v) is 15.2. The maximum Gasteiger partial charge on any atom is 0.270 e. The molecule has 2 heterocycles. The van der Waals surface area contributed by atoms with Gasteiger partial charge in [-0.1, -0.05) is 6.07 Å². The third-order valence-electron chi connectivity index (χ3n) is 3.74. The first-order valence-corrected chi connectivity index (χ1v) is 8.69. The Morgan fingerprint density at radius 3 is 2.38 bits per heavy atom. The second-order valence-electron chi connectivity index (χ2n) is 5.77. The highest BCUT2D eigenvalue weighted by Gasteiger charge is 2.34. The van der Waals surface area contributed by atoms with Crippen molar-refractivity contribution in [3.05, 3.63) is 56.8 Å². The van der Waals surface area contributed by atoms with Crippen LogP contribution in [0.15, 0.2) is 35.2 Å². The van der Waals surface area contributed by atoms with E-state index in [1.807, 2.05) is 50.4 Å². The molecule has 1 aromatic carbocycles. The van der Waals surface area contributed by atoms with Gasteiger partial charge in [0.25, 0.3) is 11.8 Å². The van der Waals surface area contributed by atoms with Crippen molar-refractivity contribution in [1.82, 2.24) is 5.32 Å². The van der Waals surface area contributed by atoms with Gasteiger partial charge in [0.15, 0.2) is 5.11 Å². The van der Waals surface area contributed by atoms with Crippen molar-refractivity contribution >= 4 is 52.2 Å². The summed E-state index contributed by atoms with van der Waals surface area (Å²) in [4.78, 5) is 27.4. The number of aryl methyl sites for hydroxylation is 3. The molecule has 1 N–H and O–H groups in total. The molecule has 0 unspecified atom stereocenters. The predicted molar refractivity (Wildman–Crippen MR) is 101 cm³/mol. The number of thiocarbonyl (C=S) groups is 1. The molecule has 2 amide bonds. The summed E-state index contributed by atoms with van der Waals surface area (Å²) < 4.78 is 0. The van der Waals surface area contributed by atoms with Crippen LogP contribution < -0.4 is 10.2 Å². The van der Waals surface area contributed by atoms with E-state index >= 15 is 0 Å². The Kier molecular flexibility index (Phi) is 4.34. The molecule has 0 saturated carbocycles. The number of hydrogen-bond donors (Lipinski definition) is 1. The van der Waals surface area contributed by atoms with Crippen LogP contribution in [0.5, 0.6) is 0 Å². The fourth-order valence-electron chi connectivity index (χ4n) is 2.64. The minimum atomic E-state index is -0.460. The average Bonchev–Trinajstić information content (AvgIpc) is 2.87. The Hall–Kier alpha value is -2.31. The lowest BCUT2D eigenvalue weighted by Crippen LogP contribution is -2.54. The summed E-state index contributed by atoms with van der Waals surface area (Å²) in [6.07, 6.45) is 1.63. The number of rotatable bonds is 2. The lowest BCUT2D eigenvalue weighted by Gasteiger charge is -2.29. The van der Waals surface area contributed by atoms with E-state index in [4.69, 9.17) is 12.2 Å². The van der Waals surface area contributed by atoms with E-state index in [0.29, 0.717) is 5.69 Å². The second kappa shape index (κ2) is 6.30. The summed E-state index contributed by atoms with van der Waals surface area (Å²) in [7, 11) is 0. The van der Waals surface area contributed by atoms with Gasteiger partial charge in [0.2, 0.25) is 0 Å². The van der Waals surface area contributed by atoms with Gasteiger partial charge >= 0.3 is 0 Å². The van der Waals surface area contributed by atoms with Crippen LogP contribution in [0.3, 0.4) is 0 Å².